The van der Waals surface area contributed by atoms with Gasteiger partial charge >= 0.3 is 0 Å². The fourth-order valence-corrected chi connectivity index (χ4v) is 4.16. The van der Waals surface area contributed by atoms with Crippen LogP contribution in [0.2, 0.25) is 5.02 Å². The summed E-state index contributed by atoms with van der Waals surface area (Å²) in [6, 6.07) is 14.1. The van der Waals surface area contributed by atoms with Crippen molar-refractivity contribution >= 4 is 39.8 Å². The molecule has 0 aliphatic rings. The van der Waals surface area contributed by atoms with Crippen molar-refractivity contribution in [3.8, 4) is 5.82 Å². The second kappa shape index (κ2) is 9.11. The van der Waals surface area contributed by atoms with Gasteiger partial charge < -0.3 is 10.6 Å². The lowest BCUT2D eigenvalue weighted by Gasteiger charge is -2.07. The quantitative estimate of drug-likeness (QED) is 0.452. The second-order valence-electron chi connectivity index (χ2n) is 6.71. The molecule has 3 aromatic heterocycles. The van der Waals surface area contributed by atoms with Gasteiger partial charge in [-0.3, -0.25) is 9.59 Å². The Kier molecular flexibility index (Phi) is 6.11. The largest absolute Gasteiger partial charge is 0.347 e. The molecule has 0 spiro atoms. The standard InChI is InChI=1S/C22H18ClN5O2S/c1-14-11-19(27-21(29)16-5-2-3-6-17(16)23)31-20(14)22(30)25-13-15-7-9-24-18(12-15)28-10-4-8-26-28/h2-12H,13H2,1H3,(H,25,30)(H,27,29). The molecule has 2 N–H and O–H groups in total. The zero-order valence-corrected chi connectivity index (χ0v) is 18.1. The van der Waals surface area contributed by atoms with Gasteiger partial charge in [-0.05, 0) is 54.4 Å². The number of nitrogens with one attached hydrogen (secondary N) is 2. The highest BCUT2D eigenvalue weighted by molar-refractivity contribution is 7.18. The van der Waals surface area contributed by atoms with E-state index in [0.717, 1.165) is 11.1 Å². The van der Waals surface area contributed by atoms with Crippen molar-refractivity contribution in [1.82, 2.24) is 20.1 Å². The first-order valence-corrected chi connectivity index (χ1v) is 10.6. The number of rotatable bonds is 6. The number of carbonyl (C=O) groups is 2. The van der Waals surface area contributed by atoms with Crippen molar-refractivity contribution < 1.29 is 9.59 Å². The Bertz CT molecular complexity index is 1240. The lowest BCUT2D eigenvalue weighted by Crippen LogP contribution is -2.22. The topological polar surface area (TPSA) is 88.9 Å². The number of aryl methyl sites for hydroxylation is 1. The van der Waals surface area contributed by atoms with Crippen molar-refractivity contribution in [2.24, 2.45) is 0 Å². The van der Waals surface area contributed by atoms with Gasteiger partial charge in [0.05, 0.1) is 20.5 Å². The molecule has 0 bridgehead atoms. The number of aromatic nitrogens is 3. The average Bonchev–Trinajstić information content (AvgIpc) is 3.42. The SMILES string of the molecule is Cc1cc(NC(=O)c2ccccc2Cl)sc1C(=O)NCc1ccnc(-n2cccn2)c1. The van der Waals surface area contributed by atoms with Crippen LogP contribution in [0.5, 0.6) is 0 Å². The molecule has 0 saturated heterocycles. The second-order valence-corrected chi connectivity index (χ2v) is 8.17. The van der Waals surface area contributed by atoms with E-state index in [1.165, 1.54) is 11.3 Å². The maximum Gasteiger partial charge on any atom is 0.261 e. The molecule has 0 atom stereocenters. The fourth-order valence-electron chi connectivity index (χ4n) is 2.96. The monoisotopic (exact) mass is 451 g/mol. The Labute approximate surface area is 187 Å². The molecule has 2 amide bonds. The smallest absolute Gasteiger partial charge is 0.261 e. The van der Waals surface area contributed by atoms with E-state index >= 15 is 0 Å². The van der Waals surface area contributed by atoms with E-state index in [9.17, 15) is 9.59 Å². The number of carbonyl (C=O) groups excluding carboxylic acids is 2. The normalized spacial score (nSPS) is 10.6. The van der Waals surface area contributed by atoms with E-state index in [2.05, 4.69) is 20.7 Å². The van der Waals surface area contributed by atoms with Crippen molar-refractivity contribution in [2.45, 2.75) is 13.5 Å². The Morgan fingerprint density at radius 2 is 1.94 bits per heavy atom. The molecule has 7 nitrogen and oxygen atoms in total. The highest BCUT2D eigenvalue weighted by Gasteiger charge is 2.16. The number of hydrogen-bond donors (Lipinski definition) is 2. The van der Waals surface area contributed by atoms with Crippen LogP contribution in [-0.4, -0.2) is 26.6 Å². The lowest BCUT2D eigenvalue weighted by atomic mass is 10.2. The zero-order valence-electron chi connectivity index (χ0n) is 16.5. The van der Waals surface area contributed by atoms with E-state index in [0.29, 0.717) is 32.8 Å². The Hall–Kier alpha value is -3.49. The van der Waals surface area contributed by atoms with Crippen molar-refractivity contribution in [3.63, 3.8) is 0 Å². The molecule has 0 unspecified atom stereocenters. The minimum Gasteiger partial charge on any atom is -0.347 e. The summed E-state index contributed by atoms with van der Waals surface area (Å²) in [6.45, 7) is 2.17. The average molecular weight is 452 g/mol. The van der Waals surface area contributed by atoms with Crippen LogP contribution in [0.1, 0.15) is 31.2 Å². The van der Waals surface area contributed by atoms with Crippen LogP contribution in [0, 0.1) is 6.92 Å². The van der Waals surface area contributed by atoms with Crippen LogP contribution in [0.25, 0.3) is 5.82 Å². The Morgan fingerprint density at radius 1 is 1.10 bits per heavy atom. The van der Waals surface area contributed by atoms with Gasteiger partial charge in [-0.1, -0.05) is 23.7 Å². The third-order valence-corrected chi connectivity index (χ3v) is 5.96. The molecule has 4 aromatic rings. The van der Waals surface area contributed by atoms with Gasteiger partial charge in [-0.25, -0.2) is 9.67 Å². The Morgan fingerprint density at radius 3 is 2.71 bits per heavy atom. The molecule has 0 radical (unpaired) electrons. The van der Waals surface area contributed by atoms with Crippen LogP contribution in [0.4, 0.5) is 5.00 Å². The maximum atomic E-state index is 12.7. The third-order valence-electron chi connectivity index (χ3n) is 4.48. The highest BCUT2D eigenvalue weighted by Crippen LogP contribution is 2.28. The van der Waals surface area contributed by atoms with E-state index < -0.39 is 0 Å². The summed E-state index contributed by atoms with van der Waals surface area (Å²) in [7, 11) is 0. The molecule has 156 valence electrons. The van der Waals surface area contributed by atoms with Gasteiger partial charge in [0.25, 0.3) is 11.8 Å². The van der Waals surface area contributed by atoms with Crippen LogP contribution in [0.3, 0.4) is 0 Å². The number of benzene rings is 1. The molecular weight excluding hydrogens is 434 g/mol. The van der Waals surface area contributed by atoms with Crippen LogP contribution < -0.4 is 10.6 Å². The van der Waals surface area contributed by atoms with Gasteiger partial charge in [0.1, 0.15) is 0 Å². The third kappa shape index (κ3) is 4.82. The van der Waals surface area contributed by atoms with E-state index in [1.807, 2.05) is 25.1 Å². The minimum absolute atomic E-state index is 0.210. The summed E-state index contributed by atoms with van der Waals surface area (Å²) < 4.78 is 1.66. The van der Waals surface area contributed by atoms with Crippen molar-refractivity contribution in [1.29, 1.82) is 0 Å². The van der Waals surface area contributed by atoms with Crippen LogP contribution in [0.15, 0.2) is 67.1 Å². The predicted molar refractivity (Wildman–Crippen MR) is 121 cm³/mol. The summed E-state index contributed by atoms with van der Waals surface area (Å²) in [5, 5.41) is 10.8. The summed E-state index contributed by atoms with van der Waals surface area (Å²) in [6.07, 6.45) is 5.16. The minimum atomic E-state index is -0.318. The molecule has 0 fully saturated rings. The molecule has 0 saturated carbocycles. The molecule has 0 aliphatic heterocycles. The number of amides is 2. The van der Waals surface area contributed by atoms with Crippen LogP contribution >= 0.6 is 22.9 Å². The number of pyridine rings is 1. The van der Waals surface area contributed by atoms with Gasteiger partial charge in [0, 0.05) is 25.1 Å². The fraction of sp³-hybridized carbons (Fsp3) is 0.0909. The van der Waals surface area contributed by atoms with E-state index in [-0.39, 0.29) is 11.8 Å². The molecule has 31 heavy (non-hydrogen) atoms. The number of thiophene rings is 1. The van der Waals surface area contributed by atoms with Gasteiger partial charge in [-0.2, -0.15) is 5.10 Å². The van der Waals surface area contributed by atoms with Gasteiger partial charge in [-0.15, -0.1) is 11.3 Å². The van der Waals surface area contributed by atoms with E-state index in [4.69, 9.17) is 11.6 Å². The lowest BCUT2D eigenvalue weighted by molar-refractivity contribution is 0.0953. The van der Waals surface area contributed by atoms with Crippen LogP contribution in [-0.2, 0) is 6.54 Å². The molecule has 4 rings (SSSR count). The van der Waals surface area contributed by atoms with Gasteiger partial charge in [0.15, 0.2) is 5.82 Å². The number of halogens is 1. The highest BCUT2D eigenvalue weighted by atomic mass is 35.5. The molecule has 0 aliphatic carbocycles. The Balaban J connectivity index is 1.42. The maximum absolute atomic E-state index is 12.7. The number of hydrogen-bond acceptors (Lipinski definition) is 5. The van der Waals surface area contributed by atoms with Crippen molar-refractivity contribution in [2.75, 3.05) is 5.32 Å². The van der Waals surface area contributed by atoms with Crippen molar-refractivity contribution in [3.05, 3.63) is 93.7 Å². The van der Waals surface area contributed by atoms with Gasteiger partial charge in [0.2, 0.25) is 0 Å². The summed E-state index contributed by atoms with van der Waals surface area (Å²) in [4.78, 5) is 30.0. The molecule has 9 heteroatoms. The first-order chi connectivity index (χ1) is 15.0. The molecular formula is C22H18ClN5O2S. The number of anilines is 1. The first kappa shape index (κ1) is 20.8. The molecule has 1 aromatic carbocycles. The summed E-state index contributed by atoms with van der Waals surface area (Å²) in [5.74, 6) is 0.147. The first-order valence-electron chi connectivity index (χ1n) is 9.41. The zero-order chi connectivity index (χ0) is 21.8. The van der Waals surface area contributed by atoms with E-state index in [1.54, 1.807) is 53.6 Å². The predicted octanol–water partition coefficient (Wildman–Crippen LogP) is 4.47. The number of nitrogens with zero attached hydrogens (tertiary/aromatic N) is 3. The summed E-state index contributed by atoms with van der Waals surface area (Å²) >= 11 is 7.30. The summed E-state index contributed by atoms with van der Waals surface area (Å²) in [5.41, 5.74) is 2.06. The molecule has 3 heterocycles.